The van der Waals surface area contributed by atoms with E-state index in [4.69, 9.17) is 4.74 Å². The van der Waals surface area contributed by atoms with Crippen LogP contribution in [0.5, 0.6) is 0 Å². The molecule has 22 heavy (non-hydrogen) atoms. The van der Waals surface area contributed by atoms with Crippen molar-refractivity contribution in [3.8, 4) is 0 Å². The molecule has 0 aromatic carbocycles. The molecule has 1 aliphatic carbocycles. The highest BCUT2D eigenvalue weighted by atomic mass is 16.5. The highest BCUT2D eigenvalue weighted by Gasteiger charge is 2.40. The summed E-state index contributed by atoms with van der Waals surface area (Å²) in [6, 6.07) is 0. The highest BCUT2D eigenvalue weighted by molar-refractivity contribution is 5.92. The van der Waals surface area contributed by atoms with Crippen molar-refractivity contribution in [1.82, 2.24) is 16.0 Å². The maximum Gasteiger partial charge on any atom is 0.245 e. The molecule has 128 valence electrons. The first-order valence-corrected chi connectivity index (χ1v) is 8.43. The molecule has 6 nitrogen and oxygen atoms in total. The van der Waals surface area contributed by atoms with E-state index in [1.165, 1.54) is 0 Å². The monoisotopic (exact) mass is 313 g/mol. The van der Waals surface area contributed by atoms with Crippen molar-refractivity contribution in [3.05, 3.63) is 0 Å². The molecule has 0 atom stereocenters. The molecule has 0 aliphatic heterocycles. The predicted molar refractivity (Wildman–Crippen MR) is 86.6 cm³/mol. The molecule has 0 heterocycles. The number of hydrogen-bond acceptors (Lipinski definition) is 4. The van der Waals surface area contributed by atoms with Gasteiger partial charge in [-0.2, -0.15) is 0 Å². The molecule has 0 radical (unpaired) electrons. The fourth-order valence-corrected chi connectivity index (χ4v) is 2.80. The number of amides is 2. The molecule has 0 saturated heterocycles. The van der Waals surface area contributed by atoms with Gasteiger partial charge in [-0.3, -0.25) is 9.59 Å². The van der Waals surface area contributed by atoms with Gasteiger partial charge in [0.2, 0.25) is 11.8 Å². The van der Waals surface area contributed by atoms with E-state index in [0.29, 0.717) is 19.7 Å². The van der Waals surface area contributed by atoms with Crippen molar-refractivity contribution in [3.63, 3.8) is 0 Å². The van der Waals surface area contributed by atoms with Crippen molar-refractivity contribution in [2.45, 2.75) is 57.4 Å². The zero-order valence-electron chi connectivity index (χ0n) is 14.0. The zero-order chi connectivity index (χ0) is 16.3. The van der Waals surface area contributed by atoms with Crippen LogP contribution in [0.4, 0.5) is 0 Å². The third-order valence-corrected chi connectivity index (χ3v) is 4.10. The van der Waals surface area contributed by atoms with Crippen LogP contribution in [0.25, 0.3) is 0 Å². The first-order chi connectivity index (χ1) is 10.6. The van der Waals surface area contributed by atoms with Crippen LogP contribution in [0.1, 0.15) is 51.9 Å². The summed E-state index contributed by atoms with van der Waals surface area (Å²) in [5, 5.41) is 8.98. The second kappa shape index (κ2) is 10.6. The Balaban J connectivity index is 2.51. The molecule has 6 heteroatoms. The van der Waals surface area contributed by atoms with Gasteiger partial charge < -0.3 is 20.7 Å². The van der Waals surface area contributed by atoms with Crippen LogP contribution in [0.3, 0.4) is 0 Å². The molecule has 0 unspecified atom stereocenters. The topological polar surface area (TPSA) is 79.5 Å². The number of hydrogen-bond donors (Lipinski definition) is 3. The largest absolute Gasteiger partial charge is 0.383 e. The van der Waals surface area contributed by atoms with E-state index in [1.807, 2.05) is 0 Å². The lowest BCUT2D eigenvalue weighted by molar-refractivity contribution is -0.134. The Labute approximate surface area is 133 Å². The standard InChI is InChI=1S/C16H31N3O3/c1-3-4-10-18-15(21)16(8-6-5-7-9-16)19-14(20)13-17-11-12-22-2/h17H,3-13H2,1-2H3,(H,18,21)(H,19,20). The van der Waals surface area contributed by atoms with Crippen LogP contribution in [-0.2, 0) is 14.3 Å². The average molecular weight is 313 g/mol. The Morgan fingerprint density at radius 1 is 1.14 bits per heavy atom. The summed E-state index contributed by atoms with van der Waals surface area (Å²) in [5.74, 6) is -0.144. The number of methoxy groups -OCH3 is 1. The Kier molecular flexibility index (Phi) is 9.08. The van der Waals surface area contributed by atoms with Crippen LogP contribution in [-0.4, -0.2) is 50.7 Å². The molecule has 1 saturated carbocycles. The van der Waals surface area contributed by atoms with Crippen LogP contribution in [0, 0.1) is 0 Å². The summed E-state index contributed by atoms with van der Waals surface area (Å²) >= 11 is 0. The van der Waals surface area contributed by atoms with E-state index in [0.717, 1.165) is 44.9 Å². The van der Waals surface area contributed by atoms with Crippen LogP contribution in [0.15, 0.2) is 0 Å². The number of carbonyl (C=O) groups excluding carboxylic acids is 2. The van der Waals surface area contributed by atoms with Crippen LogP contribution < -0.4 is 16.0 Å². The lowest BCUT2D eigenvalue weighted by Crippen LogP contribution is -2.61. The van der Waals surface area contributed by atoms with E-state index in [2.05, 4.69) is 22.9 Å². The molecule has 0 bridgehead atoms. The van der Waals surface area contributed by atoms with Gasteiger partial charge in [0.15, 0.2) is 0 Å². The van der Waals surface area contributed by atoms with E-state index < -0.39 is 5.54 Å². The molecule has 1 aliphatic rings. The highest BCUT2D eigenvalue weighted by Crippen LogP contribution is 2.28. The number of ether oxygens (including phenoxy) is 1. The first kappa shape index (κ1) is 18.9. The van der Waals surface area contributed by atoms with Gasteiger partial charge in [-0.1, -0.05) is 32.6 Å². The molecule has 1 rings (SSSR count). The summed E-state index contributed by atoms with van der Waals surface area (Å²) in [6.07, 6.45) is 6.57. The van der Waals surface area contributed by atoms with Gasteiger partial charge in [0, 0.05) is 20.2 Å². The summed E-state index contributed by atoms with van der Waals surface area (Å²) in [6.45, 7) is 4.18. The van der Waals surface area contributed by atoms with Crippen molar-refractivity contribution in [2.24, 2.45) is 0 Å². The van der Waals surface area contributed by atoms with Crippen LogP contribution in [0.2, 0.25) is 0 Å². The fourth-order valence-electron chi connectivity index (χ4n) is 2.80. The maximum atomic E-state index is 12.5. The van der Waals surface area contributed by atoms with E-state index in [9.17, 15) is 9.59 Å². The lowest BCUT2D eigenvalue weighted by Gasteiger charge is -2.36. The van der Waals surface area contributed by atoms with E-state index in [-0.39, 0.29) is 18.4 Å². The second-order valence-electron chi connectivity index (χ2n) is 5.97. The normalized spacial score (nSPS) is 17.0. The van der Waals surface area contributed by atoms with E-state index >= 15 is 0 Å². The number of carbonyl (C=O) groups is 2. The Bertz CT molecular complexity index is 342. The molecule has 0 aromatic rings. The molecular formula is C16H31N3O3. The summed E-state index contributed by atoms with van der Waals surface area (Å²) in [5.41, 5.74) is -0.716. The summed E-state index contributed by atoms with van der Waals surface area (Å²) in [7, 11) is 1.62. The summed E-state index contributed by atoms with van der Waals surface area (Å²) in [4.78, 5) is 24.7. The minimum atomic E-state index is -0.716. The van der Waals surface area contributed by atoms with Gasteiger partial charge >= 0.3 is 0 Å². The summed E-state index contributed by atoms with van der Waals surface area (Å²) < 4.78 is 4.93. The first-order valence-electron chi connectivity index (χ1n) is 8.43. The molecule has 0 aromatic heterocycles. The third kappa shape index (κ3) is 6.32. The van der Waals surface area contributed by atoms with Crippen molar-refractivity contribution in [2.75, 3.05) is 33.4 Å². The predicted octanol–water partition coefficient (Wildman–Crippen LogP) is 0.958. The van der Waals surface area contributed by atoms with Gasteiger partial charge in [-0.25, -0.2) is 0 Å². The second-order valence-corrected chi connectivity index (χ2v) is 5.97. The molecule has 3 N–H and O–H groups in total. The molecule has 0 spiro atoms. The molecule has 2 amide bonds. The van der Waals surface area contributed by atoms with Crippen LogP contribution >= 0.6 is 0 Å². The Hall–Kier alpha value is -1.14. The number of unbranched alkanes of at least 4 members (excludes halogenated alkanes) is 1. The SMILES string of the molecule is CCCCNC(=O)C1(NC(=O)CNCCOC)CCCCC1. The average Bonchev–Trinajstić information content (AvgIpc) is 2.52. The fraction of sp³-hybridized carbons (Fsp3) is 0.875. The van der Waals surface area contributed by atoms with Gasteiger partial charge in [0.1, 0.15) is 5.54 Å². The maximum absolute atomic E-state index is 12.5. The van der Waals surface area contributed by atoms with Gasteiger partial charge in [-0.05, 0) is 19.3 Å². The van der Waals surface area contributed by atoms with Crippen molar-refractivity contribution < 1.29 is 14.3 Å². The van der Waals surface area contributed by atoms with Gasteiger partial charge in [-0.15, -0.1) is 0 Å². The minimum absolute atomic E-state index is 0.0223. The molecular weight excluding hydrogens is 282 g/mol. The lowest BCUT2D eigenvalue weighted by atomic mass is 9.80. The van der Waals surface area contributed by atoms with Crippen molar-refractivity contribution >= 4 is 11.8 Å². The number of nitrogens with one attached hydrogen (secondary N) is 3. The number of rotatable bonds is 10. The van der Waals surface area contributed by atoms with Gasteiger partial charge in [0.05, 0.1) is 13.2 Å². The smallest absolute Gasteiger partial charge is 0.245 e. The van der Waals surface area contributed by atoms with Crippen molar-refractivity contribution in [1.29, 1.82) is 0 Å². The Morgan fingerprint density at radius 2 is 1.86 bits per heavy atom. The quantitative estimate of drug-likeness (QED) is 0.525. The minimum Gasteiger partial charge on any atom is -0.383 e. The van der Waals surface area contributed by atoms with Gasteiger partial charge in [0.25, 0.3) is 0 Å². The Morgan fingerprint density at radius 3 is 2.50 bits per heavy atom. The molecule has 1 fully saturated rings. The van der Waals surface area contributed by atoms with E-state index in [1.54, 1.807) is 7.11 Å². The third-order valence-electron chi connectivity index (χ3n) is 4.10. The zero-order valence-corrected chi connectivity index (χ0v) is 14.0.